The molecule has 0 unspecified atom stereocenters. The maximum Gasteiger partial charge on any atom is 0.147 e. The lowest BCUT2D eigenvalue weighted by atomic mass is 9.90. The first-order chi connectivity index (χ1) is 7.03. The fourth-order valence-electron chi connectivity index (χ4n) is 1.31. The Morgan fingerprint density at radius 2 is 2.33 bits per heavy atom. The van der Waals surface area contributed by atoms with E-state index in [1.807, 2.05) is 33.2 Å². The van der Waals surface area contributed by atoms with Gasteiger partial charge in [0.15, 0.2) is 0 Å². The molecule has 0 saturated heterocycles. The molecule has 0 aliphatic carbocycles. The van der Waals surface area contributed by atoms with Gasteiger partial charge in [0.05, 0.1) is 11.5 Å². The summed E-state index contributed by atoms with van der Waals surface area (Å²) in [5, 5.41) is 16.3. The lowest BCUT2D eigenvalue weighted by Crippen LogP contribution is -2.11. The van der Waals surface area contributed by atoms with Gasteiger partial charge in [0.1, 0.15) is 5.82 Å². The minimum absolute atomic E-state index is 0.216. The van der Waals surface area contributed by atoms with E-state index in [9.17, 15) is 0 Å². The Hall–Kier alpha value is -1.50. The van der Waals surface area contributed by atoms with E-state index in [-0.39, 0.29) is 5.41 Å². The van der Waals surface area contributed by atoms with Crippen LogP contribution in [0.1, 0.15) is 26.7 Å². The molecular formula is C11H18N4. The molecule has 0 aliphatic heterocycles. The largest absolute Gasteiger partial charge is 0.369 e. The van der Waals surface area contributed by atoms with Crippen LogP contribution >= 0.6 is 0 Å². The molecule has 0 amide bonds. The van der Waals surface area contributed by atoms with Crippen molar-refractivity contribution in [3.05, 3.63) is 12.3 Å². The van der Waals surface area contributed by atoms with Crippen LogP contribution < -0.4 is 5.32 Å². The number of rotatable bonds is 5. The number of anilines is 1. The Kier molecular flexibility index (Phi) is 3.73. The van der Waals surface area contributed by atoms with Gasteiger partial charge in [0, 0.05) is 25.9 Å². The number of hydrogen-bond acceptors (Lipinski definition) is 3. The van der Waals surface area contributed by atoms with Gasteiger partial charge in [-0.25, -0.2) is 0 Å². The van der Waals surface area contributed by atoms with Crippen LogP contribution in [0.4, 0.5) is 5.82 Å². The standard InChI is InChI=1S/C11H18N4/c1-11(2,9-12)6-4-7-13-10-5-8-15(3)14-10/h5,8H,4,6-7H2,1-3H3,(H,13,14). The second kappa shape index (κ2) is 4.83. The Balaban J connectivity index is 2.21. The quantitative estimate of drug-likeness (QED) is 0.751. The molecule has 0 radical (unpaired) electrons. The molecule has 0 bridgehead atoms. The van der Waals surface area contributed by atoms with E-state index >= 15 is 0 Å². The van der Waals surface area contributed by atoms with Crippen LogP contribution in [0.15, 0.2) is 12.3 Å². The van der Waals surface area contributed by atoms with E-state index in [1.165, 1.54) is 0 Å². The van der Waals surface area contributed by atoms with Crippen LogP contribution in [0.25, 0.3) is 0 Å². The molecule has 15 heavy (non-hydrogen) atoms. The summed E-state index contributed by atoms with van der Waals surface area (Å²) >= 11 is 0. The highest BCUT2D eigenvalue weighted by atomic mass is 15.3. The van der Waals surface area contributed by atoms with Crippen molar-refractivity contribution in [3.63, 3.8) is 0 Å². The molecule has 4 nitrogen and oxygen atoms in total. The lowest BCUT2D eigenvalue weighted by Gasteiger charge is -2.14. The molecule has 0 aliphatic rings. The summed E-state index contributed by atoms with van der Waals surface area (Å²) in [6, 6.07) is 4.24. The first kappa shape index (κ1) is 11.6. The molecule has 1 N–H and O–H groups in total. The molecule has 4 heteroatoms. The van der Waals surface area contributed by atoms with Crippen molar-refractivity contribution in [2.75, 3.05) is 11.9 Å². The fraction of sp³-hybridized carbons (Fsp3) is 0.636. The van der Waals surface area contributed by atoms with Crippen LogP contribution in [-0.4, -0.2) is 16.3 Å². The minimum atomic E-state index is -0.216. The maximum absolute atomic E-state index is 8.83. The first-order valence-corrected chi connectivity index (χ1v) is 5.18. The van der Waals surface area contributed by atoms with Gasteiger partial charge in [-0.3, -0.25) is 4.68 Å². The van der Waals surface area contributed by atoms with E-state index in [0.717, 1.165) is 25.2 Å². The van der Waals surface area contributed by atoms with Gasteiger partial charge in [0.25, 0.3) is 0 Å². The van der Waals surface area contributed by atoms with Crippen molar-refractivity contribution >= 4 is 5.82 Å². The van der Waals surface area contributed by atoms with Crippen LogP contribution in [0.5, 0.6) is 0 Å². The molecule has 0 fully saturated rings. The zero-order chi connectivity index (χ0) is 11.3. The summed E-state index contributed by atoms with van der Waals surface area (Å²) in [4.78, 5) is 0. The number of nitriles is 1. The van der Waals surface area contributed by atoms with Crippen LogP contribution in [-0.2, 0) is 7.05 Å². The van der Waals surface area contributed by atoms with Gasteiger partial charge in [-0.05, 0) is 26.7 Å². The summed E-state index contributed by atoms with van der Waals surface area (Å²) < 4.78 is 1.77. The molecule has 0 saturated carbocycles. The van der Waals surface area contributed by atoms with Crippen molar-refractivity contribution in [2.45, 2.75) is 26.7 Å². The predicted octanol–water partition coefficient (Wildman–Crippen LogP) is 2.16. The van der Waals surface area contributed by atoms with Crippen molar-refractivity contribution in [2.24, 2.45) is 12.5 Å². The number of nitrogens with zero attached hydrogens (tertiary/aromatic N) is 3. The van der Waals surface area contributed by atoms with Gasteiger partial charge in [-0.2, -0.15) is 10.4 Å². The van der Waals surface area contributed by atoms with E-state index in [2.05, 4.69) is 16.5 Å². The Morgan fingerprint density at radius 3 is 2.87 bits per heavy atom. The number of aromatic nitrogens is 2. The first-order valence-electron chi connectivity index (χ1n) is 5.18. The molecule has 1 rings (SSSR count). The molecule has 0 atom stereocenters. The summed E-state index contributed by atoms with van der Waals surface area (Å²) in [6.45, 7) is 4.80. The van der Waals surface area contributed by atoms with Crippen molar-refractivity contribution in [1.29, 1.82) is 5.26 Å². The van der Waals surface area contributed by atoms with Gasteiger partial charge in [0.2, 0.25) is 0 Å². The molecule has 1 heterocycles. The van der Waals surface area contributed by atoms with Crippen molar-refractivity contribution < 1.29 is 0 Å². The Bertz CT molecular complexity index is 346. The molecule has 1 aromatic rings. The van der Waals surface area contributed by atoms with Crippen LogP contribution in [0.3, 0.4) is 0 Å². The highest BCUT2D eigenvalue weighted by Crippen LogP contribution is 2.20. The van der Waals surface area contributed by atoms with Gasteiger partial charge in [-0.15, -0.1) is 0 Å². The van der Waals surface area contributed by atoms with Crippen molar-refractivity contribution in [1.82, 2.24) is 9.78 Å². The molecule has 1 aromatic heterocycles. The monoisotopic (exact) mass is 206 g/mol. The molecule has 0 aromatic carbocycles. The van der Waals surface area contributed by atoms with Gasteiger partial charge in [-0.1, -0.05) is 0 Å². The Labute approximate surface area is 90.9 Å². The summed E-state index contributed by atoms with van der Waals surface area (Å²) in [7, 11) is 1.89. The van der Waals surface area contributed by atoms with Crippen molar-refractivity contribution in [3.8, 4) is 6.07 Å². The third-order valence-corrected chi connectivity index (χ3v) is 2.30. The summed E-state index contributed by atoms with van der Waals surface area (Å²) in [5.41, 5.74) is -0.216. The van der Waals surface area contributed by atoms with E-state index in [1.54, 1.807) is 4.68 Å². The lowest BCUT2D eigenvalue weighted by molar-refractivity contribution is 0.441. The summed E-state index contributed by atoms with van der Waals surface area (Å²) in [6.07, 6.45) is 3.79. The van der Waals surface area contributed by atoms with E-state index in [4.69, 9.17) is 5.26 Å². The number of nitrogens with one attached hydrogen (secondary N) is 1. The predicted molar refractivity (Wildman–Crippen MR) is 60.3 cm³/mol. The van der Waals surface area contributed by atoms with E-state index < -0.39 is 0 Å². The second-order valence-corrected chi connectivity index (χ2v) is 4.40. The smallest absolute Gasteiger partial charge is 0.147 e. The molecule has 82 valence electrons. The third-order valence-electron chi connectivity index (χ3n) is 2.30. The fourth-order valence-corrected chi connectivity index (χ4v) is 1.31. The zero-order valence-electron chi connectivity index (χ0n) is 9.62. The molecular weight excluding hydrogens is 188 g/mol. The van der Waals surface area contributed by atoms with Crippen LogP contribution in [0.2, 0.25) is 0 Å². The highest BCUT2D eigenvalue weighted by Gasteiger charge is 2.15. The van der Waals surface area contributed by atoms with Crippen LogP contribution in [0, 0.1) is 16.7 Å². The van der Waals surface area contributed by atoms with E-state index in [0.29, 0.717) is 0 Å². The number of hydrogen-bond donors (Lipinski definition) is 1. The topological polar surface area (TPSA) is 53.6 Å². The highest BCUT2D eigenvalue weighted by molar-refractivity contribution is 5.31. The normalized spacial score (nSPS) is 11.1. The minimum Gasteiger partial charge on any atom is -0.369 e. The maximum atomic E-state index is 8.83. The molecule has 0 spiro atoms. The average molecular weight is 206 g/mol. The zero-order valence-corrected chi connectivity index (χ0v) is 9.62. The van der Waals surface area contributed by atoms with Gasteiger partial charge >= 0.3 is 0 Å². The summed E-state index contributed by atoms with van der Waals surface area (Å²) in [5.74, 6) is 0.896. The number of aryl methyl sites for hydroxylation is 1. The second-order valence-electron chi connectivity index (χ2n) is 4.40. The third kappa shape index (κ3) is 4.03. The SMILES string of the molecule is Cn1ccc(NCCCC(C)(C)C#N)n1. The van der Waals surface area contributed by atoms with Gasteiger partial charge < -0.3 is 5.32 Å². The Morgan fingerprint density at radius 1 is 1.60 bits per heavy atom. The average Bonchev–Trinajstić information content (AvgIpc) is 2.59.